The van der Waals surface area contributed by atoms with E-state index in [0.29, 0.717) is 6.04 Å². The molecule has 0 aliphatic heterocycles. The van der Waals surface area contributed by atoms with Crippen molar-refractivity contribution in [3.8, 4) is 0 Å². The number of hydrogen-bond acceptors (Lipinski definition) is 2. The molecule has 0 saturated carbocycles. The van der Waals surface area contributed by atoms with E-state index >= 15 is 0 Å². The van der Waals surface area contributed by atoms with Crippen molar-refractivity contribution in [2.45, 2.75) is 52.5 Å². The molecule has 1 heterocycles. The molecule has 0 spiro atoms. The first kappa shape index (κ1) is 16.3. The minimum atomic E-state index is 0.347. The maximum Gasteiger partial charge on any atom is 0.0991 e. The summed E-state index contributed by atoms with van der Waals surface area (Å²) in [5.41, 5.74) is 1.17. The van der Waals surface area contributed by atoms with Crippen molar-refractivity contribution in [3.63, 3.8) is 0 Å². The van der Waals surface area contributed by atoms with Crippen LogP contribution in [0.4, 0.5) is 0 Å². The van der Waals surface area contributed by atoms with Gasteiger partial charge < -0.3 is 5.32 Å². The maximum atomic E-state index is 6.25. The minimum Gasteiger partial charge on any atom is -0.310 e. The molecule has 0 saturated heterocycles. The minimum absolute atomic E-state index is 0.347. The van der Waals surface area contributed by atoms with Crippen molar-refractivity contribution in [1.29, 1.82) is 0 Å². The molecule has 1 unspecified atom stereocenters. The summed E-state index contributed by atoms with van der Waals surface area (Å²) in [6, 6.07) is 2.36. The van der Waals surface area contributed by atoms with Crippen LogP contribution in [0.3, 0.4) is 0 Å². The largest absolute Gasteiger partial charge is 0.310 e. The molecule has 4 heteroatoms. The third-order valence-corrected chi connectivity index (χ3v) is 4.49. The van der Waals surface area contributed by atoms with Crippen LogP contribution in [0, 0.1) is 5.92 Å². The average Bonchev–Trinajstić information content (AvgIpc) is 2.62. The third-order valence-electron chi connectivity index (χ3n) is 2.97. The van der Waals surface area contributed by atoms with E-state index in [-0.39, 0.29) is 0 Å². The van der Waals surface area contributed by atoms with Crippen LogP contribution in [0.25, 0.3) is 0 Å². The molecule has 1 nitrogen and oxygen atoms in total. The van der Waals surface area contributed by atoms with Gasteiger partial charge in [0.05, 0.1) is 8.67 Å². The van der Waals surface area contributed by atoms with Gasteiger partial charge >= 0.3 is 0 Å². The summed E-state index contributed by atoms with van der Waals surface area (Å²) in [7, 11) is 0. The van der Waals surface area contributed by atoms with Crippen molar-refractivity contribution in [2.75, 3.05) is 6.54 Å². The lowest BCUT2D eigenvalue weighted by Gasteiger charge is -2.18. The van der Waals surface area contributed by atoms with Gasteiger partial charge in [-0.2, -0.15) is 0 Å². The Morgan fingerprint density at radius 1 is 1.28 bits per heavy atom. The van der Waals surface area contributed by atoms with E-state index in [9.17, 15) is 0 Å². The Kier molecular flexibility index (Phi) is 7.62. The first-order valence-corrected chi connectivity index (χ1v) is 8.30. The lowest BCUT2D eigenvalue weighted by molar-refractivity contribution is 0.448. The van der Waals surface area contributed by atoms with Gasteiger partial charge in [0.15, 0.2) is 0 Å². The van der Waals surface area contributed by atoms with Crippen LogP contribution in [0.15, 0.2) is 6.07 Å². The van der Waals surface area contributed by atoms with Gasteiger partial charge in [-0.3, -0.25) is 0 Å². The molecule has 0 fully saturated rings. The molecule has 0 amide bonds. The van der Waals surface area contributed by atoms with Gasteiger partial charge in [0.25, 0.3) is 0 Å². The van der Waals surface area contributed by atoms with Crippen molar-refractivity contribution in [1.82, 2.24) is 5.32 Å². The van der Waals surface area contributed by atoms with Crippen LogP contribution in [0.1, 0.15) is 58.1 Å². The first-order chi connectivity index (χ1) is 8.54. The second-order valence-electron chi connectivity index (χ2n) is 5.11. The van der Waals surface area contributed by atoms with Gasteiger partial charge in [-0.15, -0.1) is 11.3 Å². The van der Waals surface area contributed by atoms with Gasteiger partial charge in [-0.05, 0) is 31.4 Å². The normalized spacial score (nSPS) is 13.2. The highest BCUT2D eigenvalue weighted by Gasteiger charge is 2.16. The summed E-state index contributed by atoms with van der Waals surface area (Å²) in [6.07, 6.45) is 4.75. The SMILES string of the molecule is CCCNC(CCCC(C)C)c1cc(Cl)sc1Cl. The Morgan fingerprint density at radius 2 is 2.00 bits per heavy atom. The van der Waals surface area contributed by atoms with Crippen LogP contribution in [0.5, 0.6) is 0 Å². The molecule has 104 valence electrons. The molecule has 0 aliphatic rings. The lowest BCUT2D eigenvalue weighted by atomic mass is 9.99. The average molecular weight is 308 g/mol. The number of hydrogen-bond donors (Lipinski definition) is 1. The predicted octanol–water partition coefficient (Wildman–Crippen LogP) is 5.92. The van der Waals surface area contributed by atoms with E-state index in [1.165, 1.54) is 29.7 Å². The molecule has 0 bridgehead atoms. The van der Waals surface area contributed by atoms with Crippen molar-refractivity contribution in [3.05, 3.63) is 20.3 Å². The van der Waals surface area contributed by atoms with E-state index < -0.39 is 0 Å². The molecule has 18 heavy (non-hydrogen) atoms. The number of halogens is 2. The van der Waals surface area contributed by atoms with E-state index in [4.69, 9.17) is 23.2 Å². The zero-order chi connectivity index (χ0) is 13.5. The second kappa shape index (κ2) is 8.42. The maximum absolute atomic E-state index is 6.25. The smallest absolute Gasteiger partial charge is 0.0991 e. The fraction of sp³-hybridized carbons (Fsp3) is 0.714. The Morgan fingerprint density at radius 3 is 2.50 bits per heavy atom. The van der Waals surface area contributed by atoms with Crippen LogP contribution in [-0.4, -0.2) is 6.54 Å². The second-order valence-corrected chi connectivity index (χ2v) is 7.40. The van der Waals surface area contributed by atoms with Gasteiger partial charge in [-0.25, -0.2) is 0 Å². The fourth-order valence-corrected chi connectivity index (χ4v) is 3.59. The summed E-state index contributed by atoms with van der Waals surface area (Å²) in [6.45, 7) is 7.74. The summed E-state index contributed by atoms with van der Waals surface area (Å²) in [5, 5.41) is 3.58. The molecule has 1 N–H and O–H groups in total. The number of nitrogens with one attached hydrogen (secondary N) is 1. The fourth-order valence-electron chi connectivity index (χ4n) is 2.01. The Labute approximate surface area is 125 Å². The highest BCUT2D eigenvalue weighted by Crippen LogP contribution is 2.36. The zero-order valence-electron chi connectivity index (χ0n) is 11.4. The van der Waals surface area contributed by atoms with Crippen LogP contribution < -0.4 is 5.32 Å². The zero-order valence-corrected chi connectivity index (χ0v) is 13.8. The topological polar surface area (TPSA) is 12.0 Å². The van der Waals surface area contributed by atoms with Gasteiger partial charge in [0.1, 0.15) is 0 Å². The molecule has 1 rings (SSSR count). The molecule has 1 aromatic heterocycles. The Balaban J connectivity index is 2.62. The van der Waals surface area contributed by atoms with Crippen molar-refractivity contribution in [2.24, 2.45) is 5.92 Å². The van der Waals surface area contributed by atoms with Gasteiger partial charge in [-0.1, -0.05) is 56.8 Å². The van der Waals surface area contributed by atoms with Gasteiger partial charge in [0, 0.05) is 11.6 Å². The van der Waals surface area contributed by atoms with Gasteiger partial charge in [0.2, 0.25) is 0 Å². The standard InChI is InChI=1S/C14H23Cl2NS/c1-4-8-17-12(7-5-6-10(2)3)11-9-13(15)18-14(11)16/h9-10,12,17H,4-8H2,1-3H3. The Hall–Kier alpha value is 0.240. The summed E-state index contributed by atoms with van der Waals surface area (Å²) >= 11 is 13.8. The number of rotatable bonds is 8. The van der Waals surface area contributed by atoms with Crippen molar-refractivity contribution < 1.29 is 0 Å². The summed E-state index contributed by atoms with van der Waals surface area (Å²) < 4.78 is 1.61. The monoisotopic (exact) mass is 307 g/mol. The quantitative estimate of drug-likeness (QED) is 0.628. The molecular formula is C14H23Cl2NS. The highest BCUT2D eigenvalue weighted by atomic mass is 35.5. The predicted molar refractivity (Wildman–Crippen MR) is 84.1 cm³/mol. The lowest BCUT2D eigenvalue weighted by Crippen LogP contribution is -2.22. The molecule has 0 aliphatic carbocycles. The molecular weight excluding hydrogens is 285 g/mol. The molecule has 0 aromatic carbocycles. The molecule has 1 atom stereocenters. The summed E-state index contributed by atoms with van der Waals surface area (Å²) in [5.74, 6) is 0.762. The van der Waals surface area contributed by atoms with E-state index in [2.05, 4.69) is 26.1 Å². The molecule has 1 aromatic rings. The van der Waals surface area contributed by atoms with Crippen LogP contribution in [0.2, 0.25) is 8.67 Å². The van der Waals surface area contributed by atoms with E-state index in [1.807, 2.05) is 6.07 Å². The van der Waals surface area contributed by atoms with Crippen molar-refractivity contribution >= 4 is 34.5 Å². The van der Waals surface area contributed by atoms with E-state index in [0.717, 1.165) is 34.0 Å². The van der Waals surface area contributed by atoms with Crippen LogP contribution in [-0.2, 0) is 0 Å². The summed E-state index contributed by atoms with van der Waals surface area (Å²) in [4.78, 5) is 0. The van der Waals surface area contributed by atoms with E-state index in [1.54, 1.807) is 0 Å². The molecule has 0 radical (unpaired) electrons. The first-order valence-electron chi connectivity index (χ1n) is 6.72. The third kappa shape index (κ3) is 5.48. The highest BCUT2D eigenvalue weighted by molar-refractivity contribution is 7.20. The Bertz CT molecular complexity index is 350. The van der Waals surface area contributed by atoms with Crippen LogP contribution >= 0.6 is 34.5 Å². The number of thiophene rings is 1.